The molecule has 0 bridgehead atoms. The molecule has 0 saturated carbocycles. The maximum Gasteiger partial charge on any atom is 0.119 e. The van der Waals surface area contributed by atoms with E-state index in [0.717, 1.165) is 33.8 Å². The number of benzene rings is 6. The van der Waals surface area contributed by atoms with Crippen molar-refractivity contribution in [3.8, 4) is 11.5 Å². The second kappa shape index (κ2) is 21.0. The summed E-state index contributed by atoms with van der Waals surface area (Å²) >= 11 is 0. The van der Waals surface area contributed by atoms with Gasteiger partial charge in [-0.1, -0.05) is 159 Å². The summed E-state index contributed by atoms with van der Waals surface area (Å²) in [7, 11) is 0. The molecule has 0 N–H and O–H groups in total. The highest BCUT2D eigenvalue weighted by Gasteiger charge is 2.23. The van der Waals surface area contributed by atoms with Crippen molar-refractivity contribution in [1.82, 2.24) is 0 Å². The molecule has 0 spiro atoms. The van der Waals surface area contributed by atoms with Crippen molar-refractivity contribution in [3.05, 3.63) is 203 Å². The summed E-state index contributed by atoms with van der Waals surface area (Å²) in [6.45, 7) is 8.10. The van der Waals surface area contributed by atoms with Crippen LogP contribution in [0.25, 0.3) is 0 Å². The number of rotatable bonds is 22. The molecular formula is C49H52O6. The lowest BCUT2D eigenvalue weighted by atomic mass is 9.78. The van der Waals surface area contributed by atoms with Crippen molar-refractivity contribution >= 4 is 0 Å². The lowest BCUT2D eigenvalue weighted by molar-refractivity contribution is -0.0489. The van der Waals surface area contributed by atoms with Gasteiger partial charge in [0, 0.05) is 5.41 Å². The highest BCUT2D eigenvalue weighted by atomic mass is 16.6. The summed E-state index contributed by atoms with van der Waals surface area (Å²) in [6, 6.07) is 57.3. The minimum atomic E-state index is -0.240. The maximum atomic E-state index is 6.25. The van der Waals surface area contributed by atoms with Gasteiger partial charge in [-0.15, -0.1) is 0 Å². The van der Waals surface area contributed by atoms with E-state index in [1.807, 2.05) is 97.1 Å². The van der Waals surface area contributed by atoms with E-state index in [-0.39, 0.29) is 17.6 Å². The summed E-state index contributed by atoms with van der Waals surface area (Å²) in [6.07, 6.45) is -0.457. The van der Waals surface area contributed by atoms with Crippen LogP contribution in [0.15, 0.2) is 170 Å². The topological polar surface area (TPSA) is 55.4 Å². The highest BCUT2D eigenvalue weighted by Crippen LogP contribution is 2.33. The average molecular weight is 737 g/mol. The van der Waals surface area contributed by atoms with Gasteiger partial charge in [0.15, 0.2) is 0 Å². The van der Waals surface area contributed by atoms with Crippen LogP contribution >= 0.6 is 0 Å². The Labute approximate surface area is 326 Å². The normalized spacial score (nSPS) is 12.5. The van der Waals surface area contributed by atoms with Gasteiger partial charge in [0.1, 0.15) is 36.9 Å². The zero-order chi connectivity index (χ0) is 38.0. The van der Waals surface area contributed by atoms with E-state index in [2.05, 4.69) is 86.6 Å². The Morgan fingerprint density at radius 1 is 0.364 bits per heavy atom. The van der Waals surface area contributed by atoms with Crippen LogP contribution in [0.5, 0.6) is 11.5 Å². The van der Waals surface area contributed by atoms with Gasteiger partial charge >= 0.3 is 0 Å². The standard InChI is InChI=1S/C49H52O6/c1-49(2,43-23-27-45(28-24-43)54-37-47(52-33-41-19-11-5-12-20-41)35-50-31-39-15-7-3-8-16-39)44-25-29-46(30-26-44)55-38-48(53-34-42-21-13-6-14-22-42)36-51-32-40-17-9-4-10-18-40/h3-30,47-48H,31-38H2,1-2H3. The number of hydrogen-bond acceptors (Lipinski definition) is 6. The molecule has 0 amide bonds. The van der Waals surface area contributed by atoms with E-state index < -0.39 is 0 Å². The number of ether oxygens (including phenoxy) is 6. The first kappa shape index (κ1) is 39.5. The van der Waals surface area contributed by atoms with Crippen LogP contribution in [-0.2, 0) is 50.8 Å². The zero-order valence-corrected chi connectivity index (χ0v) is 31.9. The maximum absolute atomic E-state index is 6.25. The first-order chi connectivity index (χ1) is 27.0. The van der Waals surface area contributed by atoms with Crippen LogP contribution in [0.4, 0.5) is 0 Å². The van der Waals surface area contributed by atoms with Crippen LogP contribution in [0, 0.1) is 0 Å². The van der Waals surface area contributed by atoms with E-state index in [0.29, 0.717) is 52.9 Å². The SMILES string of the molecule is CC(C)(c1ccc(OCC(COCc2ccccc2)OCc2ccccc2)cc1)c1ccc(OCC(COCc2ccccc2)OCc2ccccc2)cc1. The average Bonchev–Trinajstić information content (AvgIpc) is 3.24. The Balaban J connectivity index is 1.01. The van der Waals surface area contributed by atoms with E-state index >= 15 is 0 Å². The Morgan fingerprint density at radius 2 is 0.673 bits per heavy atom. The van der Waals surface area contributed by atoms with Crippen molar-refractivity contribution in [3.63, 3.8) is 0 Å². The van der Waals surface area contributed by atoms with Crippen LogP contribution in [0.1, 0.15) is 47.2 Å². The third kappa shape index (κ3) is 12.9. The van der Waals surface area contributed by atoms with E-state index in [1.165, 1.54) is 11.1 Å². The van der Waals surface area contributed by atoms with Crippen molar-refractivity contribution in [2.45, 2.75) is 57.9 Å². The van der Waals surface area contributed by atoms with Crippen molar-refractivity contribution < 1.29 is 28.4 Å². The molecule has 0 saturated heterocycles. The summed E-state index contributed by atoms with van der Waals surface area (Å²) in [5, 5.41) is 0. The minimum Gasteiger partial charge on any atom is -0.491 e. The molecule has 0 aromatic heterocycles. The molecule has 0 radical (unpaired) electrons. The molecule has 0 fully saturated rings. The molecule has 6 aromatic carbocycles. The largest absolute Gasteiger partial charge is 0.491 e. The molecule has 6 heteroatoms. The monoisotopic (exact) mass is 736 g/mol. The second-order valence-electron chi connectivity index (χ2n) is 14.1. The van der Waals surface area contributed by atoms with Gasteiger partial charge in [-0.3, -0.25) is 0 Å². The van der Waals surface area contributed by atoms with Crippen LogP contribution in [0.3, 0.4) is 0 Å². The van der Waals surface area contributed by atoms with Crippen molar-refractivity contribution in [2.75, 3.05) is 26.4 Å². The van der Waals surface area contributed by atoms with Gasteiger partial charge in [-0.05, 0) is 57.6 Å². The van der Waals surface area contributed by atoms with Crippen LogP contribution < -0.4 is 9.47 Å². The fraction of sp³-hybridized carbons (Fsp3) is 0.265. The van der Waals surface area contributed by atoms with Gasteiger partial charge in [0.05, 0.1) is 39.6 Å². The van der Waals surface area contributed by atoms with Gasteiger partial charge in [0.2, 0.25) is 0 Å². The first-order valence-corrected chi connectivity index (χ1v) is 19.0. The molecule has 55 heavy (non-hydrogen) atoms. The zero-order valence-electron chi connectivity index (χ0n) is 31.9. The molecule has 6 nitrogen and oxygen atoms in total. The Hall–Kier alpha value is -5.24. The fourth-order valence-electron chi connectivity index (χ4n) is 6.11. The lowest BCUT2D eigenvalue weighted by Gasteiger charge is -2.27. The highest BCUT2D eigenvalue weighted by molar-refractivity contribution is 5.42. The van der Waals surface area contributed by atoms with Crippen LogP contribution in [0.2, 0.25) is 0 Å². The molecule has 2 atom stereocenters. The number of hydrogen-bond donors (Lipinski definition) is 0. The molecule has 6 rings (SSSR count). The summed E-state index contributed by atoms with van der Waals surface area (Å²) in [4.78, 5) is 0. The Bertz CT molecular complexity index is 1770. The quantitative estimate of drug-likeness (QED) is 0.0692. The van der Waals surface area contributed by atoms with Gasteiger partial charge in [-0.2, -0.15) is 0 Å². The molecule has 6 aromatic rings. The van der Waals surface area contributed by atoms with Gasteiger partial charge < -0.3 is 28.4 Å². The van der Waals surface area contributed by atoms with Crippen molar-refractivity contribution in [1.29, 1.82) is 0 Å². The summed E-state index contributed by atoms with van der Waals surface area (Å²) < 4.78 is 37.1. The molecule has 0 heterocycles. The van der Waals surface area contributed by atoms with E-state index in [9.17, 15) is 0 Å². The summed E-state index contributed by atoms with van der Waals surface area (Å²) in [5.74, 6) is 1.58. The van der Waals surface area contributed by atoms with Gasteiger partial charge in [-0.25, -0.2) is 0 Å². The summed E-state index contributed by atoms with van der Waals surface area (Å²) in [5.41, 5.74) is 6.61. The third-order valence-electron chi connectivity index (χ3n) is 9.51. The second-order valence-corrected chi connectivity index (χ2v) is 14.1. The van der Waals surface area contributed by atoms with Gasteiger partial charge in [0.25, 0.3) is 0 Å². The van der Waals surface area contributed by atoms with Crippen LogP contribution in [-0.4, -0.2) is 38.6 Å². The van der Waals surface area contributed by atoms with E-state index in [1.54, 1.807) is 0 Å². The Kier molecular flexibility index (Phi) is 15.1. The molecule has 0 aliphatic rings. The molecule has 2 unspecified atom stereocenters. The smallest absolute Gasteiger partial charge is 0.119 e. The van der Waals surface area contributed by atoms with E-state index in [4.69, 9.17) is 28.4 Å². The predicted octanol–water partition coefficient (Wildman–Crippen LogP) is 10.4. The molecule has 284 valence electrons. The Morgan fingerprint density at radius 3 is 1.00 bits per heavy atom. The fourth-order valence-corrected chi connectivity index (χ4v) is 6.11. The molecule has 0 aliphatic heterocycles. The predicted molar refractivity (Wildman–Crippen MR) is 218 cm³/mol. The minimum absolute atomic E-state index is 0.228. The lowest BCUT2D eigenvalue weighted by Crippen LogP contribution is -2.27. The molecular weight excluding hydrogens is 685 g/mol. The van der Waals surface area contributed by atoms with Crippen molar-refractivity contribution in [2.24, 2.45) is 0 Å². The first-order valence-electron chi connectivity index (χ1n) is 19.0. The molecule has 0 aliphatic carbocycles. The third-order valence-corrected chi connectivity index (χ3v) is 9.51.